The minimum Gasteiger partial charge on any atom is -0.907 e. The van der Waals surface area contributed by atoms with E-state index in [1.807, 2.05) is 0 Å². The van der Waals surface area contributed by atoms with Gasteiger partial charge in [0.15, 0.2) is 0 Å². The fourth-order valence-corrected chi connectivity index (χ4v) is 0. The van der Waals surface area contributed by atoms with E-state index < -0.39 is 7.32 Å². The Morgan fingerprint density at radius 1 is 1.00 bits per heavy atom. The molecule has 0 aliphatic rings. The molecule has 0 N–H and O–H groups in total. The largest absolute Gasteiger partial charge is 3.00 e. The van der Waals surface area contributed by atoms with E-state index in [1.54, 1.807) is 0 Å². The molecule has 0 amide bonds. The molecule has 36 valence electrons. The van der Waals surface area contributed by atoms with Gasteiger partial charge in [0.2, 0.25) is 0 Å². The van der Waals surface area contributed by atoms with Gasteiger partial charge in [0.1, 0.15) is 0 Å². The van der Waals surface area contributed by atoms with Gasteiger partial charge in [-0.15, -0.1) is 0 Å². The van der Waals surface area contributed by atoms with Crippen LogP contribution in [0.4, 0.5) is 0 Å². The Morgan fingerprint density at radius 3 is 1.00 bits per heavy atom. The van der Waals surface area contributed by atoms with Crippen LogP contribution < -0.4 is 15.1 Å². The van der Waals surface area contributed by atoms with Crippen molar-refractivity contribution in [2.24, 2.45) is 0 Å². The first kappa shape index (κ1) is 15.8. The van der Waals surface area contributed by atoms with Crippen LogP contribution in [-0.2, 0) is 34.1 Å². The molecule has 0 atom stereocenters. The van der Waals surface area contributed by atoms with Gasteiger partial charge < -0.3 is 15.1 Å². The van der Waals surface area contributed by atoms with Gasteiger partial charge in [-0.25, -0.2) is 0 Å². The van der Waals surface area contributed by atoms with Gasteiger partial charge in [-0.05, 0) is 0 Å². The standard InChI is InChI=1S/BO3.Fe.Mn/c2-1(3)4;;/q-3;+3;. The van der Waals surface area contributed by atoms with Gasteiger partial charge in [-0.1, -0.05) is 0 Å². The van der Waals surface area contributed by atoms with Crippen LogP contribution in [-0.4, -0.2) is 7.32 Å². The van der Waals surface area contributed by atoms with Gasteiger partial charge in [0.25, 0.3) is 0 Å². The summed E-state index contributed by atoms with van der Waals surface area (Å²) in [5.74, 6) is 0. The summed E-state index contributed by atoms with van der Waals surface area (Å²) >= 11 is 0. The predicted octanol–water partition coefficient (Wildman–Crippen LogP) is -3.95. The fourth-order valence-electron chi connectivity index (χ4n) is 0. The van der Waals surface area contributed by atoms with Crippen molar-refractivity contribution in [3.63, 3.8) is 0 Å². The van der Waals surface area contributed by atoms with Crippen LogP contribution in [0.2, 0.25) is 0 Å². The molecule has 6 heteroatoms. The third-order valence-electron chi connectivity index (χ3n) is 0. The molecular formula is BFeMnO3. The first-order valence-electron chi connectivity index (χ1n) is 0.707. The molecule has 2 radical (unpaired) electrons. The van der Waals surface area contributed by atoms with Crippen molar-refractivity contribution in [3.8, 4) is 0 Å². The Hall–Kier alpha value is 0.984. The number of rotatable bonds is 0. The van der Waals surface area contributed by atoms with E-state index in [1.165, 1.54) is 0 Å². The fraction of sp³-hybridized carbons (Fsp3) is 0. The molecule has 0 saturated heterocycles. The second-order valence-corrected chi connectivity index (χ2v) is 0.289. The summed E-state index contributed by atoms with van der Waals surface area (Å²) < 4.78 is 0. The van der Waals surface area contributed by atoms with Crippen molar-refractivity contribution >= 4 is 7.32 Å². The Labute approximate surface area is 56.9 Å². The molecule has 0 bridgehead atoms. The van der Waals surface area contributed by atoms with E-state index in [9.17, 15) is 0 Å². The topological polar surface area (TPSA) is 69.2 Å². The minimum atomic E-state index is -2.92. The van der Waals surface area contributed by atoms with E-state index in [2.05, 4.69) is 0 Å². The molecule has 0 fully saturated rings. The maximum Gasteiger partial charge on any atom is 3.00 e. The zero-order valence-corrected chi connectivity index (χ0v) is 4.82. The summed E-state index contributed by atoms with van der Waals surface area (Å²) in [5, 5.41) is 25.2. The molecule has 0 aromatic carbocycles. The molecule has 6 heavy (non-hydrogen) atoms. The first-order chi connectivity index (χ1) is 1.73. The van der Waals surface area contributed by atoms with Crippen molar-refractivity contribution < 1.29 is 49.2 Å². The summed E-state index contributed by atoms with van der Waals surface area (Å²) in [6.07, 6.45) is 0. The SMILES string of the molecule is [Fe+3].[Mn].[O-]B([O-])[O-]. The normalized spacial score (nSPS) is 4.50. The zero-order chi connectivity index (χ0) is 3.58. The van der Waals surface area contributed by atoms with Gasteiger partial charge in [0.05, 0.1) is 0 Å². The molecule has 0 aromatic rings. The summed E-state index contributed by atoms with van der Waals surface area (Å²) in [7, 11) is -2.92. The van der Waals surface area contributed by atoms with E-state index in [0.717, 1.165) is 0 Å². The third kappa shape index (κ3) is 81.7. The molecule has 0 aliphatic heterocycles. The van der Waals surface area contributed by atoms with Gasteiger partial charge >= 0.3 is 17.1 Å². The summed E-state index contributed by atoms with van der Waals surface area (Å²) in [5.41, 5.74) is 0. The molecular weight excluding hydrogens is 170 g/mol. The van der Waals surface area contributed by atoms with E-state index in [0.29, 0.717) is 0 Å². The first-order valence-corrected chi connectivity index (χ1v) is 0.707. The van der Waals surface area contributed by atoms with Crippen molar-refractivity contribution in [2.75, 3.05) is 0 Å². The molecule has 0 spiro atoms. The average molecular weight is 170 g/mol. The monoisotopic (exact) mass is 170 g/mol. The maximum atomic E-state index is 8.42. The Balaban J connectivity index is -0.0000000450. The molecule has 0 heterocycles. The van der Waals surface area contributed by atoms with Crippen LogP contribution in [0.1, 0.15) is 0 Å². The Morgan fingerprint density at radius 2 is 1.00 bits per heavy atom. The maximum absolute atomic E-state index is 8.42. The van der Waals surface area contributed by atoms with Crippen LogP contribution in [0.3, 0.4) is 0 Å². The Kier molecular flexibility index (Phi) is 24.6. The smallest absolute Gasteiger partial charge is 0.907 e. The number of hydrogen-bond donors (Lipinski definition) is 0. The van der Waals surface area contributed by atoms with Crippen molar-refractivity contribution in [2.45, 2.75) is 0 Å². The molecule has 0 aromatic heterocycles. The number of hydrogen-bond acceptors (Lipinski definition) is 3. The van der Waals surface area contributed by atoms with Crippen LogP contribution in [0.5, 0.6) is 0 Å². The van der Waals surface area contributed by atoms with Crippen molar-refractivity contribution in [1.29, 1.82) is 0 Å². The molecule has 3 nitrogen and oxygen atoms in total. The summed E-state index contributed by atoms with van der Waals surface area (Å²) in [4.78, 5) is 0. The molecule has 0 unspecified atom stereocenters. The zero-order valence-electron chi connectivity index (χ0n) is 2.53. The second-order valence-electron chi connectivity index (χ2n) is 0.289. The second kappa shape index (κ2) is 9.36. The Bertz CT molecular complexity index is 15.5. The quantitative estimate of drug-likeness (QED) is 0.348. The average Bonchev–Trinajstić information content (AvgIpc) is 0.811. The summed E-state index contributed by atoms with van der Waals surface area (Å²) in [6, 6.07) is 0. The van der Waals surface area contributed by atoms with E-state index >= 15 is 0 Å². The van der Waals surface area contributed by atoms with Crippen LogP contribution in [0.25, 0.3) is 0 Å². The van der Waals surface area contributed by atoms with Gasteiger partial charge in [-0.2, -0.15) is 0 Å². The molecule has 0 saturated carbocycles. The van der Waals surface area contributed by atoms with Crippen molar-refractivity contribution in [3.05, 3.63) is 0 Å². The van der Waals surface area contributed by atoms with Crippen molar-refractivity contribution in [1.82, 2.24) is 0 Å². The van der Waals surface area contributed by atoms with E-state index in [4.69, 9.17) is 15.1 Å². The van der Waals surface area contributed by atoms with Crippen LogP contribution in [0, 0.1) is 0 Å². The predicted molar refractivity (Wildman–Crippen MR) is 5.75 cm³/mol. The van der Waals surface area contributed by atoms with Crippen LogP contribution in [0.15, 0.2) is 0 Å². The molecule has 0 aliphatic carbocycles. The summed E-state index contributed by atoms with van der Waals surface area (Å²) in [6.45, 7) is 0. The van der Waals surface area contributed by atoms with E-state index in [-0.39, 0.29) is 34.1 Å². The van der Waals surface area contributed by atoms with Gasteiger partial charge in [0, 0.05) is 17.1 Å². The third-order valence-corrected chi connectivity index (χ3v) is 0. The minimum absolute atomic E-state index is 0. The van der Waals surface area contributed by atoms with Gasteiger partial charge in [-0.3, -0.25) is 7.32 Å². The van der Waals surface area contributed by atoms with Crippen LogP contribution >= 0.6 is 0 Å². The molecule has 0 rings (SSSR count).